The maximum Gasteiger partial charge on any atom is 0.407 e. The van der Waals surface area contributed by atoms with E-state index in [9.17, 15) is 9.59 Å². The molecule has 1 atom stereocenters. The minimum absolute atomic E-state index is 0.0939. The first-order valence-electron chi connectivity index (χ1n) is 11.0. The molecule has 1 saturated heterocycles. The summed E-state index contributed by atoms with van der Waals surface area (Å²) in [6.07, 6.45) is 1.73. The van der Waals surface area contributed by atoms with Crippen LogP contribution in [0.5, 0.6) is 0 Å². The van der Waals surface area contributed by atoms with Gasteiger partial charge >= 0.3 is 6.09 Å². The summed E-state index contributed by atoms with van der Waals surface area (Å²) in [5, 5.41) is 3.52. The zero-order chi connectivity index (χ0) is 22.7. The highest BCUT2D eigenvalue weighted by molar-refractivity contribution is 7.21. The average Bonchev–Trinajstić information content (AvgIpc) is 3.17. The number of carbonyl (C=O) groups excluding carboxylic acids is 1. The number of ether oxygens (including phenoxy) is 1. The molecule has 32 heavy (non-hydrogen) atoms. The molecule has 1 fully saturated rings. The van der Waals surface area contributed by atoms with Gasteiger partial charge in [-0.15, -0.1) is 11.3 Å². The Morgan fingerprint density at radius 3 is 2.84 bits per heavy atom. The Morgan fingerprint density at radius 2 is 2.09 bits per heavy atom. The van der Waals surface area contributed by atoms with Crippen LogP contribution in [0.2, 0.25) is 0 Å². The number of amides is 1. The van der Waals surface area contributed by atoms with E-state index in [0.717, 1.165) is 41.2 Å². The predicted octanol–water partition coefficient (Wildman–Crippen LogP) is 4.39. The van der Waals surface area contributed by atoms with E-state index >= 15 is 0 Å². The molecule has 3 aromatic rings. The van der Waals surface area contributed by atoms with Crippen molar-refractivity contribution in [3.63, 3.8) is 0 Å². The fourth-order valence-electron chi connectivity index (χ4n) is 4.01. The number of piperidine rings is 1. The highest BCUT2D eigenvalue weighted by Crippen LogP contribution is 2.30. The molecule has 1 unspecified atom stereocenters. The standard InChI is InChI=1S/C24H30N4O3S/c1-24(2,3)31-23(30)25-13-16-8-7-11-28(14-16)15-20-26-21(29)18-12-19(32-22(18)27-20)17-9-5-4-6-10-17/h4-6,9-10,12,16H,7-8,11,13-15H2,1-3H3,(H,25,30)(H,26,27,29). The first kappa shape index (κ1) is 22.5. The van der Waals surface area contributed by atoms with Crippen LogP contribution >= 0.6 is 11.3 Å². The third-order valence-electron chi connectivity index (χ3n) is 5.42. The topological polar surface area (TPSA) is 87.3 Å². The number of nitrogens with one attached hydrogen (secondary N) is 2. The van der Waals surface area contributed by atoms with Gasteiger partial charge in [-0.2, -0.15) is 0 Å². The molecule has 7 nitrogen and oxygen atoms in total. The number of aromatic amines is 1. The lowest BCUT2D eigenvalue weighted by atomic mass is 9.98. The first-order chi connectivity index (χ1) is 15.3. The number of benzene rings is 1. The summed E-state index contributed by atoms with van der Waals surface area (Å²) in [5.74, 6) is 1.03. The van der Waals surface area contributed by atoms with Gasteiger partial charge < -0.3 is 15.0 Å². The van der Waals surface area contributed by atoms with Gasteiger partial charge in [-0.3, -0.25) is 9.69 Å². The van der Waals surface area contributed by atoms with Gasteiger partial charge in [-0.25, -0.2) is 9.78 Å². The van der Waals surface area contributed by atoms with Crippen molar-refractivity contribution >= 4 is 27.6 Å². The molecule has 170 valence electrons. The minimum atomic E-state index is -0.499. The van der Waals surface area contributed by atoms with E-state index in [1.165, 1.54) is 0 Å². The van der Waals surface area contributed by atoms with Crippen molar-refractivity contribution in [2.45, 2.75) is 45.8 Å². The van der Waals surface area contributed by atoms with Gasteiger partial charge in [0.2, 0.25) is 0 Å². The van der Waals surface area contributed by atoms with E-state index in [4.69, 9.17) is 9.72 Å². The van der Waals surface area contributed by atoms with Crippen LogP contribution in [0, 0.1) is 5.92 Å². The largest absolute Gasteiger partial charge is 0.444 e. The molecule has 1 aromatic carbocycles. The lowest BCUT2D eigenvalue weighted by molar-refractivity contribution is 0.0505. The molecule has 2 N–H and O–H groups in total. The number of hydrogen-bond acceptors (Lipinski definition) is 6. The third-order valence-corrected chi connectivity index (χ3v) is 6.50. The highest BCUT2D eigenvalue weighted by atomic mass is 32.1. The quantitative estimate of drug-likeness (QED) is 0.597. The number of fused-ring (bicyclic) bond motifs is 1. The predicted molar refractivity (Wildman–Crippen MR) is 128 cm³/mol. The number of H-pyrrole nitrogens is 1. The summed E-state index contributed by atoms with van der Waals surface area (Å²) in [7, 11) is 0. The second-order valence-electron chi connectivity index (χ2n) is 9.33. The number of likely N-dealkylation sites (tertiary alicyclic amines) is 1. The van der Waals surface area contributed by atoms with Crippen molar-refractivity contribution in [2.24, 2.45) is 5.92 Å². The van der Waals surface area contributed by atoms with E-state index < -0.39 is 5.60 Å². The third kappa shape index (κ3) is 5.75. The van der Waals surface area contributed by atoms with E-state index in [2.05, 4.69) is 15.2 Å². The Kier molecular flexibility index (Phi) is 6.62. The first-order valence-corrected chi connectivity index (χ1v) is 11.9. The summed E-state index contributed by atoms with van der Waals surface area (Å²) in [6, 6.07) is 12.0. The summed E-state index contributed by atoms with van der Waals surface area (Å²) < 4.78 is 5.33. The van der Waals surface area contributed by atoms with Gasteiger partial charge in [-0.05, 0) is 57.7 Å². The minimum Gasteiger partial charge on any atom is -0.444 e. The fourth-order valence-corrected chi connectivity index (χ4v) is 5.07. The molecular formula is C24H30N4O3S. The Morgan fingerprint density at radius 1 is 1.31 bits per heavy atom. The number of rotatable bonds is 5. The molecule has 8 heteroatoms. The van der Waals surface area contributed by atoms with Gasteiger partial charge in [0, 0.05) is 18.0 Å². The van der Waals surface area contributed by atoms with Crippen molar-refractivity contribution in [3.8, 4) is 10.4 Å². The smallest absolute Gasteiger partial charge is 0.407 e. The van der Waals surface area contributed by atoms with Crippen molar-refractivity contribution in [3.05, 3.63) is 52.6 Å². The normalized spacial score (nSPS) is 17.4. The van der Waals surface area contributed by atoms with Crippen LogP contribution in [-0.2, 0) is 11.3 Å². The van der Waals surface area contributed by atoms with Gasteiger partial charge in [-0.1, -0.05) is 30.3 Å². The monoisotopic (exact) mass is 454 g/mol. The second-order valence-corrected chi connectivity index (χ2v) is 10.4. The Bertz CT molecular complexity index is 1130. The number of alkyl carbamates (subject to hydrolysis) is 1. The molecule has 0 spiro atoms. The van der Waals surface area contributed by atoms with E-state index in [1.807, 2.05) is 57.2 Å². The summed E-state index contributed by atoms with van der Waals surface area (Å²) in [4.78, 5) is 36.4. The molecule has 0 aliphatic carbocycles. The number of carbonyl (C=O) groups is 1. The van der Waals surface area contributed by atoms with Crippen molar-refractivity contribution < 1.29 is 9.53 Å². The molecule has 0 bridgehead atoms. The van der Waals surface area contributed by atoms with E-state index in [0.29, 0.717) is 30.2 Å². The number of aromatic nitrogens is 2. The van der Waals surface area contributed by atoms with Crippen LogP contribution in [0.15, 0.2) is 41.2 Å². The van der Waals surface area contributed by atoms with E-state index in [-0.39, 0.29) is 11.7 Å². The van der Waals surface area contributed by atoms with Crippen LogP contribution in [0.1, 0.15) is 39.4 Å². The number of thiophene rings is 1. The van der Waals surface area contributed by atoms with Crippen LogP contribution in [0.25, 0.3) is 20.7 Å². The molecular weight excluding hydrogens is 424 g/mol. The molecule has 0 radical (unpaired) electrons. The SMILES string of the molecule is CC(C)(C)OC(=O)NCC1CCCN(Cc2nc3sc(-c4ccccc4)cc3c(=O)[nH]2)C1. The van der Waals surface area contributed by atoms with Crippen molar-refractivity contribution in [1.82, 2.24) is 20.2 Å². The van der Waals surface area contributed by atoms with Crippen LogP contribution in [-0.4, -0.2) is 46.2 Å². The van der Waals surface area contributed by atoms with Gasteiger partial charge in [0.15, 0.2) is 0 Å². The maximum atomic E-state index is 12.7. The molecule has 1 aliphatic rings. The van der Waals surface area contributed by atoms with Crippen molar-refractivity contribution in [1.29, 1.82) is 0 Å². The summed E-state index contributed by atoms with van der Waals surface area (Å²) in [5.41, 5.74) is 0.498. The zero-order valence-electron chi connectivity index (χ0n) is 18.8. The lowest BCUT2D eigenvalue weighted by Crippen LogP contribution is -2.42. The van der Waals surface area contributed by atoms with Crippen LogP contribution < -0.4 is 10.9 Å². The van der Waals surface area contributed by atoms with E-state index in [1.54, 1.807) is 11.3 Å². The molecule has 1 aliphatic heterocycles. The van der Waals surface area contributed by atoms with Crippen LogP contribution in [0.3, 0.4) is 0 Å². The summed E-state index contributed by atoms with van der Waals surface area (Å²) in [6.45, 7) is 8.54. The van der Waals surface area contributed by atoms with Crippen molar-refractivity contribution in [2.75, 3.05) is 19.6 Å². The Labute approximate surface area is 191 Å². The number of hydrogen-bond donors (Lipinski definition) is 2. The zero-order valence-corrected chi connectivity index (χ0v) is 19.6. The Balaban J connectivity index is 1.40. The Hall–Kier alpha value is -2.71. The number of nitrogens with zero attached hydrogens (tertiary/aromatic N) is 2. The lowest BCUT2D eigenvalue weighted by Gasteiger charge is -2.32. The van der Waals surface area contributed by atoms with Crippen LogP contribution in [0.4, 0.5) is 4.79 Å². The molecule has 0 saturated carbocycles. The maximum absolute atomic E-state index is 12.7. The highest BCUT2D eigenvalue weighted by Gasteiger charge is 2.23. The molecule has 1 amide bonds. The van der Waals surface area contributed by atoms with Gasteiger partial charge in [0.1, 0.15) is 16.3 Å². The molecule has 4 rings (SSSR count). The van der Waals surface area contributed by atoms with Gasteiger partial charge in [0.05, 0.1) is 11.9 Å². The summed E-state index contributed by atoms with van der Waals surface area (Å²) >= 11 is 1.55. The molecule has 3 heterocycles. The average molecular weight is 455 g/mol. The van der Waals surface area contributed by atoms with Gasteiger partial charge in [0.25, 0.3) is 5.56 Å². The second kappa shape index (κ2) is 9.42. The molecule has 2 aromatic heterocycles. The fraction of sp³-hybridized carbons (Fsp3) is 0.458.